The molecule has 1 atom stereocenters. The zero-order valence-corrected chi connectivity index (χ0v) is 12.7. The Kier molecular flexibility index (Phi) is 4.76. The minimum Gasteiger partial charge on any atom is -0.313 e. The van der Waals surface area contributed by atoms with E-state index in [4.69, 9.17) is 0 Å². The van der Waals surface area contributed by atoms with Crippen molar-refractivity contribution >= 4 is 11.8 Å². The predicted molar refractivity (Wildman–Crippen MR) is 76.1 cm³/mol. The van der Waals surface area contributed by atoms with Gasteiger partial charge in [0, 0.05) is 18.3 Å². The summed E-state index contributed by atoms with van der Waals surface area (Å²) in [6.45, 7) is 15.3. The Labute approximate surface area is 106 Å². The van der Waals surface area contributed by atoms with Gasteiger partial charge in [-0.15, -0.1) is 0 Å². The van der Waals surface area contributed by atoms with Crippen molar-refractivity contribution in [1.29, 1.82) is 0 Å². The van der Waals surface area contributed by atoms with Gasteiger partial charge in [-0.3, -0.25) is 0 Å². The van der Waals surface area contributed by atoms with E-state index in [2.05, 4.69) is 58.6 Å². The molecule has 1 rings (SSSR count). The lowest BCUT2D eigenvalue weighted by Gasteiger charge is -2.38. The Morgan fingerprint density at radius 1 is 1.38 bits per heavy atom. The van der Waals surface area contributed by atoms with E-state index in [1.807, 2.05) is 0 Å². The van der Waals surface area contributed by atoms with Crippen LogP contribution < -0.4 is 5.32 Å². The highest BCUT2D eigenvalue weighted by Crippen LogP contribution is 2.34. The van der Waals surface area contributed by atoms with Crippen LogP contribution in [0.25, 0.3) is 0 Å². The summed E-state index contributed by atoms with van der Waals surface area (Å²) in [6.07, 6.45) is 1.33. The average molecular weight is 243 g/mol. The molecule has 1 fully saturated rings. The number of nitrogens with one attached hydrogen (secondary N) is 1. The van der Waals surface area contributed by atoms with E-state index in [-0.39, 0.29) is 0 Å². The summed E-state index contributed by atoms with van der Waals surface area (Å²) in [6, 6.07) is 0.715. The van der Waals surface area contributed by atoms with Crippen LogP contribution >= 0.6 is 11.8 Å². The average Bonchev–Trinajstić information content (AvgIpc) is 2.13. The minimum atomic E-state index is 0.409. The van der Waals surface area contributed by atoms with Gasteiger partial charge in [-0.2, -0.15) is 11.8 Å². The van der Waals surface area contributed by atoms with Crippen molar-refractivity contribution < 1.29 is 0 Å². The third-order valence-electron chi connectivity index (χ3n) is 4.02. The molecule has 1 aliphatic rings. The normalized spacial score (nSPS) is 26.1. The van der Waals surface area contributed by atoms with E-state index < -0.39 is 0 Å². The number of hydrogen-bond donors (Lipinski definition) is 1. The van der Waals surface area contributed by atoms with Gasteiger partial charge in [0.25, 0.3) is 0 Å². The maximum atomic E-state index is 3.78. The highest BCUT2D eigenvalue weighted by molar-refractivity contribution is 7.99. The standard InChI is InChI=1S/C14H29NS/c1-11(2)14(5,6)9-15-12-7-13(3,4)10-16-8-12/h11-12,15H,7-10H2,1-6H3. The number of hydrogen-bond acceptors (Lipinski definition) is 2. The van der Waals surface area contributed by atoms with E-state index >= 15 is 0 Å². The summed E-state index contributed by atoms with van der Waals surface area (Å²) >= 11 is 2.11. The summed E-state index contributed by atoms with van der Waals surface area (Å²) < 4.78 is 0. The second kappa shape index (κ2) is 5.30. The Balaban J connectivity index is 2.38. The van der Waals surface area contributed by atoms with Gasteiger partial charge in [0.1, 0.15) is 0 Å². The van der Waals surface area contributed by atoms with E-state index in [9.17, 15) is 0 Å². The SMILES string of the molecule is CC(C)C(C)(C)CNC1CSCC(C)(C)C1. The highest BCUT2D eigenvalue weighted by Gasteiger charge is 2.30. The molecule has 0 spiro atoms. The molecule has 1 nitrogen and oxygen atoms in total. The van der Waals surface area contributed by atoms with Gasteiger partial charge in [0.15, 0.2) is 0 Å². The van der Waals surface area contributed by atoms with Crippen LogP contribution in [-0.4, -0.2) is 24.1 Å². The molecule has 16 heavy (non-hydrogen) atoms. The second-order valence-electron chi connectivity index (χ2n) is 7.10. The van der Waals surface area contributed by atoms with Crippen LogP contribution in [0.1, 0.15) is 48.0 Å². The summed E-state index contributed by atoms with van der Waals surface area (Å²) in [4.78, 5) is 0. The number of rotatable bonds is 4. The lowest BCUT2D eigenvalue weighted by Crippen LogP contribution is -2.45. The monoisotopic (exact) mass is 243 g/mol. The largest absolute Gasteiger partial charge is 0.313 e. The fourth-order valence-electron chi connectivity index (χ4n) is 2.00. The highest BCUT2D eigenvalue weighted by atomic mass is 32.2. The fraction of sp³-hybridized carbons (Fsp3) is 1.00. The molecule has 1 unspecified atom stereocenters. The second-order valence-corrected chi connectivity index (χ2v) is 8.13. The third-order valence-corrected chi connectivity index (χ3v) is 5.64. The van der Waals surface area contributed by atoms with Crippen molar-refractivity contribution in [3.63, 3.8) is 0 Å². The molecule has 0 bridgehead atoms. The van der Waals surface area contributed by atoms with Crippen LogP contribution in [0.15, 0.2) is 0 Å². The Morgan fingerprint density at radius 3 is 2.50 bits per heavy atom. The molecule has 0 amide bonds. The zero-order chi connectivity index (χ0) is 12.4. The third kappa shape index (κ3) is 4.29. The predicted octanol–water partition coefficient (Wildman–Crippen LogP) is 3.79. The molecule has 1 saturated heterocycles. The van der Waals surface area contributed by atoms with Crippen LogP contribution in [0.4, 0.5) is 0 Å². The first-order valence-electron chi connectivity index (χ1n) is 6.54. The van der Waals surface area contributed by atoms with Crippen molar-refractivity contribution in [2.24, 2.45) is 16.7 Å². The quantitative estimate of drug-likeness (QED) is 0.806. The van der Waals surface area contributed by atoms with E-state index in [1.54, 1.807) is 0 Å². The Morgan fingerprint density at radius 2 is 2.00 bits per heavy atom. The lowest BCUT2D eigenvalue weighted by molar-refractivity contribution is 0.216. The molecule has 1 N–H and O–H groups in total. The van der Waals surface area contributed by atoms with Gasteiger partial charge in [-0.1, -0.05) is 41.5 Å². The Hall–Kier alpha value is 0.310. The molecule has 1 aliphatic heterocycles. The first-order valence-corrected chi connectivity index (χ1v) is 7.69. The van der Waals surface area contributed by atoms with Gasteiger partial charge in [-0.05, 0) is 28.9 Å². The maximum Gasteiger partial charge on any atom is 0.0163 e. The van der Waals surface area contributed by atoms with Crippen molar-refractivity contribution in [3.05, 3.63) is 0 Å². The van der Waals surface area contributed by atoms with E-state index in [0.717, 1.165) is 12.5 Å². The van der Waals surface area contributed by atoms with Crippen molar-refractivity contribution in [2.75, 3.05) is 18.1 Å². The first kappa shape index (κ1) is 14.4. The van der Waals surface area contributed by atoms with Crippen LogP contribution in [0.3, 0.4) is 0 Å². The van der Waals surface area contributed by atoms with E-state index in [1.165, 1.54) is 17.9 Å². The van der Waals surface area contributed by atoms with Gasteiger partial charge < -0.3 is 5.32 Å². The lowest BCUT2D eigenvalue weighted by atomic mass is 9.80. The first-order chi connectivity index (χ1) is 7.23. The molecule has 0 saturated carbocycles. The summed E-state index contributed by atoms with van der Waals surface area (Å²) in [7, 11) is 0. The zero-order valence-electron chi connectivity index (χ0n) is 11.9. The topological polar surface area (TPSA) is 12.0 Å². The Bertz CT molecular complexity index is 221. The van der Waals surface area contributed by atoms with Gasteiger partial charge in [0.05, 0.1) is 0 Å². The summed E-state index contributed by atoms with van der Waals surface area (Å²) in [5.41, 5.74) is 0.925. The molecule has 1 heterocycles. The molecule has 0 aromatic heterocycles. The van der Waals surface area contributed by atoms with Crippen LogP contribution in [0.5, 0.6) is 0 Å². The molecular weight excluding hydrogens is 214 g/mol. The maximum absolute atomic E-state index is 3.78. The smallest absolute Gasteiger partial charge is 0.0163 e. The fourth-order valence-corrected chi connectivity index (χ4v) is 3.31. The van der Waals surface area contributed by atoms with Crippen LogP contribution in [-0.2, 0) is 0 Å². The molecule has 0 aromatic carbocycles. The number of thioether (sulfide) groups is 1. The van der Waals surface area contributed by atoms with E-state index in [0.29, 0.717) is 16.9 Å². The summed E-state index contributed by atoms with van der Waals surface area (Å²) in [5, 5.41) is 3.78. The van der Waals surface area contributed by atoms with Gasteiger partial charge >= 0.3 is 0 Å². The molecule has 96 valence electrons. The van der Waals surface area contributed by atoms with Crippen LogP contribution in [0, 0.1) is 16.7 Å². The van der Waals surface area contributed by atoms with Crippen molar-refractivity contribution in [2.45, 2.75) is 54.0 Å². The minimum absolute atomic E-state index is 0.409. The van der Waals surface area contributed by atoms with Crippen LogP contribution in [0.2, 0.25) is 0 Å². The molecular formula is C14H29NS. The van der Waals surface area contributed by atoms with Gasteiger partial charge in [0.2, 0.25) is 0 Å². The molecule has 2 heteroatoms. The molecule has 0 aliphatic carbocycles. The van der Waals surface area contributed by atoms with Gasteiger partial charge in [-0.25, -0.2) is 0 Å². The van der Waals surface area contributed by atoms with Crippen molar-refractivity contribution in [3.8, 4) is 0 Å². The summed E-state index contributed by atoms with van der Waals surface area (Å²) in [5.74, 6) is 3.35. The molecule has 0 radical (unpaired) electrons. The molecule has 0 aromatic rings. The van der Waals surface area contributed by atoms with Crippen molar-refractivity contribution in [1.82, 2.24) is 5.32 Å².